The Bertz CT molecular complexity index is 1020. The molecule has 0 saturated carbocycles. The fourth-order valence-electron chi connectivity index (χ4n) is 2.52. The molecule has 0 N–H and O–H groups in total. The van der Waals surface area contributed by atoms with E-state index in [1.165, 1.54) is 36.4 Å². The van der Waals surface area contributed by atoms with E-state index in [4.69, 9.17) is 9.47 Å². The molecule has 0 aromatic heterocycles. The number of carbonyl (C=O) groups is 2. The van der Waals surface area contributed by atoms with Crippen LogP contribution in [0.5, 0.6) is 11.5 Å². The molecule has 146 valence electrons. The second-order valence-electron chi connectivity index (χ2n) is 6.07. The van der Waals surface area contributed by atoms with E-state index in [-0.39, 0.29) is 18.1 Å². The molecular weight excluding hydrogens is 374 g/mol. The first-order valence-corrected chi connectivity index (χ1v) is 8.84. The quantitative estimate of drug-likeness (QED) is 0.259. The van der Waals surface area contributed by atoms with Crippen LogP contribution >= 0.6 is 0 Å². The fraction of sp³-hybridized carbons (Fsp3) is 0.0909. The van der Waals surface area contributed by atoms with E-state index in [0.717, 1.165) is 11.1 Å². The monoisotopic (exact) mass is 391 g/mol. The summed E-state index contributed by atoms with van der Waals surface area (Å²) < 4.78 is 10.4. The average molecular weight is 391 g/mol. The summed E-state index contributed by atoms with van der Waals surface area (Å²) in [6.45, 7) is 1.70. The van der Waals surface area contributed by atoms with Gasteiger partial charge in [-0.25, -0.2) is 4.79 Å². The lowest BCUT2D eigenvalue weighted by Crippen LogP contribution is -2.09. The molecule has 0 bridgehead atoms. The van der Waals surface area contributed by atoms with E-state index in [1.807, 2.05) is 0 Å². The van der Waals surface area contributed by atoms with Gasteiger partial charge in [-0.1, -0.05) is 19.1 Å². The Balaban J connectivity index is 1.65. The van der Waals surface area contributed by atoms with E-state index < -0.39 is 10.9 Å². The lowest BCUT2D eigenvalue weighted by atomic mass is 10.1. The maximum absolute atomic E-state index is 12.3. The van der Waals surface area contributed by atoms with Gasteiger partial charge in [0.25, 0.3) is 5.69 Å². The first-order chi connectivity index (χ1) is 14.0. The molecule has 0 radical (unpaired) electrons. The molecule has 0 atom stereocenters. The highest BCUT2D eigenvalue weighted by atomic mass is 16.6. The highest BCUT2D eigenvalue weighted by molar-refractivity contribution is 5.91. The van der Waals surface area contributed by atoms with Crippen molar-refractivity contribution in [2.45, 2.75) is 13.3 Å². The third-order valence-corrected chi connectivity index (χ3v) is 4.09. The van der Waals surface area contributed by atoms with Crippen molar-refractivity contribution in [1.29, 1.82) is 0 Å². The molecule has 0 heterocycles. The summed E-state index contributed by atoms with van der Waals surface area (Å²) in [5.41, 5.74) is 1.99. The SMILES string of the molecule is CCC(=O)Oc1ccc(C(=O)Oc2ccc(-c3ccc([N+](=O)[O-])cc3)cc2)cc1. The minimum Gasteiger partial charge on any atom is -0.427 e. The summed E-state index contributed by atoms with van der Waals surface area (Å²) in [5.74, 6) is -0.169. The molecule has 0 fully saturated rings. The Kier molecular flexibility index (Phi) is 5.99. The Hall–Kier alpha value is -4.00. The zero-order valence-corrected chi connectivity index (χ0v) is 15.5. The molecular formula is C22H17NO6. The maximum atomic E-state index is 12.3. The van der Waals surface area contributed by atoms with Gasteiger partial charge in [0.1, 0.15) is 11.5 Å². The fourth-order valence-corrected chi connectivity index (χ4v) is 2.52. The third kappa shape index (κ3) is 5.04. The van der Waals surface area contributed by atoms with Crippen LogP contribution in [0.1, 0.15) is 23.7 Å². The van der Waals surface area contributed by atoms with Gasteiger partial charge >= 0.3 is 11.9 Å². The van der Waals surface area contributed by atoms with Crippen molar-refractivity contribution in [2.75, 3.05) is 0 Å². The molecule has 0 aliphatic rings. The predicted molar refractivity (Wildman–Crippen MR) is 106 cm³/mol. The number of nitro benzene ring substituents is 1. The van der Waals surface area contributed by atoms with E-state index in [9.17, 15) is 19.7 Å². The number of nitro groups is 1. The topological polar surface area (TPSA) is 95.7 Å². The predicted octanol–water partition coefficient (Wildman–Crippen LogP) is 4.80. The average Bonchev–Trinajstić information content (AvgIpc) is 2.74. The molecule has 0 unspecified atom stereocenters. The molecule has 7 nitrogen and oxygen atoms in total. The zero-order chi connectivity index (χ0) is 20.8. The summed E-state index contributed by atoms with van der Waals surface area (Å²) in [5, 5.41) is 10.7. The van der Waals surface area contributed by atoms with Gasteiger partial charge in [0.15, 0.2) is 0 Å². The molecule has 0 saturated heterocycles. The van der Waals surface area contributed by atoms with Crippen LogP contribution in [0.4, 0.5) is 5.69 Å². The van der Waals surface area contributed by atoms with Crippen LogP contribution in [0, 0.1) is 10.1 Å². The van der Waals surface area contributed by atoms with Gasteiger partial charge in [-0.2, -0.15) is 0 Å². The number of rotatable bonds is 6. The van der Waals surface area contributed by atoms with E-state index in [1.54, 1.807) is 43.3 Å². The summed E-state index contributed by atoms with van der Waals surface area (Å²) >= 11 is 0. The summed E-state index contributed by atoms with van der Waals surface area (Å²) in [6.07, 6.45) is 0.264. The van der Waals surface area contributed by atoms with Crippen molar-refractivity contribution < 1.29 is 24.0 Å². The first-order valence-electron chi connectivity index (χ1n) is 8.84. The van der Waals surface area contributed by atoms with Gasteiger partial charge in [0.05, 0.1) is 10.5 Å². The number of hydrogen-bond donors (Lipinski definition) is 0. The Labute approximate surface area is 166 Å². The number of ether oxygens (including phenoxy) is 2. The van der Waals surface area contributed by atoms with Gasteiger partial charge in [0.2, 0.25) is 0 Å². The molecule has 0 aliphatic carbocycles. The van der Waals surface area contributed by atoms with Crippen molar-refractivity contribution in [3.05, 3.63) is 88.5 Å². The van der Waals surface area contributed by atoms with Gasteiger partial charge < -0.3 is 9.47 Å². The lowest BCUT2D eigenvalue weighted by Gasteiger charge is -2.07. The number of hydrogen-bond acceptors (Lipinski definition) is 6. The first kappa shape index (κ1) is 19.8. The highest BCUT2D eigenvalue weighted by Gasteiger charge is 2.10. The highest BCUT2D eigenvalue weighted by Crippen LogP contribution is 2.25. The van der Waals surface area contributed by atoms with E-state index in [2.05, 4.69) is 0 Å². The number of nitrogens with zero attached hydrogens (tertiary/aromatic N) is 1. The van der Waals surface area contributed by atoms with Crippen LogP contribution in [0.25, 0.3) is 11.1 Å². The second kappa shape index (κ2) is 8.79. The second-order valence-corrected chi connectivity index (χ2v) is 6.07. The lowest BCUT2D eigenvalue weighted by molar-refractivity contribution is -0.384. The van der Waals surface area contributed by atoms with E-state index >= 15 is 0 Å². The van der Waals surface area contributed by atoms with Crippen molar-refractivity contribution >= 4 is 17.6 Å². The van der Waals surface area contributed by atoms with Crippen LogP contribution in [0.15, 0.2) is 72.8 Å². The number of non-ortho nitro benzene ring substituents is 1. The summed E-state index contributed by atoms with van der Waals surface area (Å²) in [6, 6.07) is 19.1. The molecule has 29 heavy (non-hydrogen) atoms. The minimum atomic E-state index is -0.540. The van der Waals surface area contributed by atoms with Crippen LogP contribution in [-0.4, -0.2) is 16.9 Å². The molecule has 0 aliphatic heterocycles. The number of esters is 2. The Morgan fingerprint density at radius 3 is 1.79 bits per heavy atom. The largest absolute Gasteiger partial charge is 0.427 e. The van der Waals surface area contributed by atoms with Crippen LogP contribution < -0.4 is 9.47 Å². The van der Waals surface area contributed by atoms with Crippen molar-refractivity contribution in [3.63, 3.8) is 0 Å². The van der Waals surface area contributed by atoms with Crippen LogP contribution in [-0.2, 0) is 4.79 Å². The molecule has 3 aromatic rings. The molecule has 0 spiro atoms. The maximum Gasteiger partial charge on any atom is 0.343 e. The van der Waals surface area contributed by atoms with Crippen molar-refractivity contribution in [3.8, 4) is 22.6 Å². The van der Waals surface area contributed by atoms with Gasteiger partial charge in [-0.3, -0.25) is 14.9 Å². The van der Waals surface area contributed by atoms with Gasteiger partial charge in [-0.15, -0.1) is 0 Å². The molecule has 7 heteroatoms. The van der Waals surface area contributed by atoms with Crippen LogP contribution in [0.2, 0.25) is 0 Å². The number of benzene rings is 3. The Morgan fingerprint density at radius 2 is 1.28 bits per heavy atom. The third-order valence-electron chi connectivity index (χ3n) is 4.09. The minimum absolute atomic E-state index is 0.0229. The van der Waals surface area contributed by atoms with Crippen molar-refractivity contribution in [2.24, 2.45) is 0 Å². The van der Waals surface area contributed by atoms with Gasteiger partial charge in [-0.05, 0) is 59.7 Å². The van der Waals surface area contributed by atoms with E-state index in [0.29, 0.717) is 17.1 Å². The van der Waals surface area contributed by atoms with Crippen LogP contribution in [0.3, 0.4) is 0 Å². The van der Waals surface area contributed by atoms with Gasteiger partial charge in [0, 0.05) is 18.6 Å². The Morgan fingerprint density at radius 1 is 0.793 bits per heavy atom. The standard InChI is InChI=1S/C22H17NO6/c1-2-21(24)28-19-13-7-17(8-14-19)22(25)29-20-11-5-16(6-12-20)15-3-9-18(10-4-15)23(26)27/h3-14H,2H2,1H3. The molecule has 3 rings (SSSR count). The molecule has 0 amide bonds. The normalized spacial score (nSPS) is 10.2. The summed E-state index contributed by atoms with van der Waals surface area (Å²) in [7, 11) is 0. The smallest absolute Gasteiger partial charge is 0.343 e. The molecule has 3 aromatic carbocycles. The van der Waals surface area contributed by atoms with Crippen molar-refractivity contribution in [1.82, 2.24) is 0 Å². The number of carbonyl (C=O) groups excluding carboxylic acids is 2. The zero-order valence-electron chi connectivity index (χ0n) is 15.5. The summed E-state index contributed by atoms with van der Waals surface area (Å²) in [4.78, 5) is 33.8.